The van der Waals surface area contributed by atoms with Gasteiger partial charge in [-0.25, -0.2) is 0 Å². The molecule has 19 heavy (non-hydrogen) atoms. The molecule has 0 atom stereocenters. The summed E-state index contributed by atoms with van der Waals surface area (Å²) >= 11 is 3.35. The molecule has 2 rings (SSSR count). The molecule has 0 unspecified atom stereocenters. The number of ether oxygens (including phenoxy) is 1. The highest BCUT2D eigenvalue weighted by Crippen LogP contribution is 2.24. The fourth-order valence-electron chi connectivity index (χ4n) is 1.65. The van der Waals surface area contributed by atoms with Crippen molar-refractivity contribution in [1.82, 2.24) is 0 Å². The lowest BCUT2D eigenvalue weighted by Crippen LogP contribution is -1.98. The van der Waals surface area contributed by atoms with Crippen molar-refractivity contribution < 1.29 is 9.84 Å². The highest BCUT2D eigenvalue weighted by molar-refractivity contribution is 9.10. The minimum absolute atomic E-state index is 0.0673. The van der Waals surface area contributed by atoms with Crippen molar-refractivity contribution in [3.05, 3.63) is 63.6 Å². The summed E-state index contributed by atoms with van der Waals surface area (Å²) in [6.07, 6.45) is 0. The Morgan fingerprint density at radius 3 is 2.53 bits per heavy atom. The van der Waals surface area contributed by atoms with Crippen LogP contribution in [0.3, 0.4) is 0 Å². The van der Waals surface area contributed by atoms with Crippen LogP contribution < -0.4 is 4.74 Å². The molecule has 0 bridgehead atoms. The molecule has 1 N–H and O–H groups in total. The Morgan fingerprint density at radius 2 is 1.89 bits per heavy atom. The van der Waals surface area contributed by atoms with Crippen molar-refractivity contribution in [1.29, 1.82) is 5.26 Å². The van der Waals surface area contributed by atoms with Gasteiger partial charge in [0.15, 0.2) is 0 Å². The van der Waals surface area contributed by atoms with E-state index in [0.29, 0.717) is 17.9 Å². The first-order chi connectivity index (χ1) is 9.22. The third kappa shape index (κ3) is 3.57. The average molecular weight is 318 g/mol. The topological polar surface area (TPSA) is 53.2 Å². The van der Waals surface area contributed by atoms with E-state index in [1.807, 2.05) is 30.3 Å². The number of aliphatic hydroxyl groups is 1. The summed E-state index contributed by atoms with van der Waals surface area (Å²) in [6, 6.07) is 14.8. The van der Waals surface area contributed by atoms with Gasteiger partial charge in [-0.1, -0.05) is 28.1 Å². The SMILES string of the molecule is N#Cc1ccc(COc2ccc(Br)cc2CO)cc1. The molecule has 0 radical (unpaired) electrons. The van der Waals surface area contributed by atoms with E-state index in [9.17, 15) is 5.11 Å². The largest absolute Gasteiger partial charge is 0.489 e. The lowest BCUT2D eigenvalue weighted by Gasteiger charge is -2.10. The van der Waals surface area contributed by atoms with Crippen molar-refractivity contribution >= 4 is 15.9 Å². The van der Waals surface area contributed by atoms with Crippen molar-refractivity contribution in [3.63, 3.8) is 0 Å². The maximum atomic E-state index is 9.27. The monoisotopic (exact) mass is 317 g/mol. The second kappa shape index (κ2) is 6.37. The highest BCUT2D eigenvalue weighted by atomic mass is 79.9. The van der Waals surface area contributed by atoms with Crippen LogP contribution in [0.15, 0.2) is 46.9 Å². The minimum Gasteiger partial charge on any atom is -0.489 e. The third-order valence-electron chi connectivity index (χ3n) is 2.67. The van der Waals surface area contributed by atoms with Crippen molar-refractivity contribution in [3.8, 4) is 11.8 Å². The maximum Gasteiger partial charge on any atom is 0.125 e. The van der Waals surface area contributed by atoms with Crippen LogP contribution in [0.2, 0.25) is 0 Å². The van der Waals surface area contributed by atoms with Crippen LogP contribution in [-0.2, 0) is 13.2 Å². The summed E-state index contributed by atoms with van der Waals surface area (Å²) in [4.78, 5) is 0. The van der Waals surface area contributed by atoms with Gasteiger partial charge in [-0.3, -0.25) is 0 Å². The number of nitriles is 1. The Balaban J connectivity index is 2.07. The van der Waals surface area contributed by atoms with Crippen molar-refractivity contribution in [2.75, 3.05) is 0 Å². The molecule has 96 valence electrons. The van der Waals surface area contributed by atoms with Crippen LogP contribution in [0.1, 0.15) is 16.7 Å². The summed E-state index contributed by atoms with van der Waals surface area (Å²) in [6.45, 7) is 0.336. The molecule has 3 nitrogen and oxygen atoms in total. The lowest BCUT2D eigenvalue weighted by molar-refractivity contribution is 0.259. The molecule has 0 saturated carbocycles. The predicted molar refractivity (Wildman–Crippen MR) is 75.6 cm³/mol. The number of hydrogen-bond donors (Lipinski definition) is 1. The minimum atomic E-state index is -0.0673. The molecule has 2 aromatic carbocycles. The first-order valence-electron chi connectivity index (χ1n) is 5.74. The zero-order chi connectivity index (χ0) is 13.7. The van der Waals surface area contributed by atoms with Gasteiger partial charge in [0, 0.05) is 10.0 Å². The van der Waals surface area contributed by atoms with Gasteiger partial charge in [0.05, 0.1) is 18.2 Å². The Kier molecular flexibility index (Phi) is 4.56. The standard InChI is InChI=1S/C15H12BrNO2/c16-14-5-6-15(13(7-14)9-18)19-10-12-3-1-11(8-17)2-4-12/h1-7,18H,9-10H2. The van der Waals surface area contributed by atoms with E-state index >= 15 is 0 Å². The van der Waals surface area contributed by atoms with E-state index in [2.05, 4.69) is 22.0 Å². The maximum absolute atomic E-state index is 9.27. The van der Waals surface area contributed by atoms with Crippen LogP contribution in [0.4, 0.5) is 0 Å². The van der Waals surface area contributed by atoms with E-state index < -0.39 is 0 Å². The molecule has 4 heteroatoms. The summed E-state index contributed by atoms with van der Waals surface area (Å²) < 4.78 is 6.58. The number of nitrogens with zero attached hydrogens (tertiary/aromatic N) is 1. The van der Waals surface area contributed by atoms with Gasteiger partial charge in [0.1, 0.15) is 12.4 Å². The first-order valence-corrected chi connectivity index (χ1v) is 6.53. The third-order valence-corrected chi connectivity index (χ3v) is 3.16. The zero-order valence-electron chi connectivity index (χ0n) is 10.1. The summed E-state index contributed by atoms with van der Waals surface area (Å²) in [5, 5.41) is 18.0. The fraction of sp³-hybridized carbons (Fsp3) is 0.133. The Labute approximate surface area is 120 Å². The van der Waals surface area contributed by atoms with Gasteiger partial charge >= 0.3 is 0 Å². The van der Waals surface area contributed by atoms with E-state index in [0.717, 1.165) is 15.6 Å². The van der Waals surface area contributed by atoms with Crippen molar-refractivity contribution in [2.24, 2.45) is 0 Å². The van der Waals surface area contributed by atoms with E-state index in [1.165, 1.54) is 0 Å². The molecule has 0 aromatic heterocycles. The molecular weight excluding hydrogens is 306 g/mol. The number of halogens is 1. The first kappa shape index (κ1) is 13.6. The van der Waals surface area contributed by atoms with Gasteiger partial charge in [0.2, 0.25) is 0 Å². The van der Waals surface area contributed by atoms with Gasteiger partial charge in [-0.2, -0.15) is 5.26 Å². The van der Waals surface area contributed by atoms with Gasteiger partial charge in [0.25, 0.3) is 0 Å². The van der Waals surface area contributed by atoms with Crippen LogP contribution in [0, 0.1) is 11.3 Å². The van der Waals surface area contributed by atoms with E-state index in [1.54, 1.807) is 12.1 Å². The van der Waals surface area contributed by atoms with Crippen LogP contribution in [-0.4, -0.2) is 5.11 Å². The quantitative estimate of drug-likeness (QED) is 0.940. The number of benzene rings is 2. The van der Waals surface area contributed by atoms with Gasteiger partial charge in [-0.05, 0) is 35.9 Å². The molecule has 0 fully saturated rings. The Morgan fingerprint density at radius 1 is 1.16 bits per heavy atom. The van der Waals surface area contributed by atoms with E-state index in [4.69, 9.17) is 10.00 Å². The van der Waals surface area contributed by atoms with E-state index in [-0.39, 0.29) is 6.61 Å². The molecule has 0 aliphatic carbocycles. The summed E-state index contributed by atoms with van der Waals surface area (Å²) in [5.41, 5.74) is 2.34. The zero-order valence-corrected chi connectivity index (χ0v) is 11.7. The number of rotatable bonds is 4. The van der Waals surface area contributed by atoms with Crippen LogP contribution in [0.25, 0.3) is 0 Å². The molecule has 2 aromatic rings. The summed E-state index contributed by atoms with van der Waals surface area (Å²) in [7, 11) is 0. The predicted octanol–water partition coefficient (Wildman–Crippen LogP) is 3.39. The molecule has 0 saturated heterocycles. The Bertz CT molecular complexity index is 603. The molecule has 0 spiro atoms. The number of aliphatic hydroxyl groups excluding tert-OH is 1. The molecular formula is C15H12BrNO2. The highest BCUT2D eigenvalue weighted by Gasteiger charge is 2.04. The van der Waals surface area contributed by atoms with Gasteiger partial charge < -0.3 is 9.84 Å². The smallest absolute Gasteiger partial charge is 0.125 e. The average Bonchev–Trinajstić information content (AvgIpc) is 2.46. The lowest BCUT2D eigenvalue weighted by atomic mass is 10.1. The molecule has 0 amide bonds. The molecule has 0 aliphatic heterocycles. The normalized spacial score (nSPS) is 9.95. The van der Waals surface area contributed by atoms with Crippen LogP contribution in [0.5, 0.6) is 5.75 Å². The number of hydrogen-bond acceptors (Lipinski definition) is 3. The van der Waals surface area contributed by atoms with Gasteiger partial charge in [-0.15, -0.1) is 0 Å². The van der Waals surface area contributed by atoms with Crippen LogP contribution >= 0.6 is 15.9 Å². The second-order valence-corrected chi connectivity index (χ2v) is 4.92. The Hall–Kier alpha value is -1.83. The van der Waals surface area contributed by atoms with Crippen molar-refractivity contribution in [2.45, 2.75) is 13.2 Å². The fourth-order valence-corrected chi connectivity index (χ4v) is 2.06. The molecule has 0 aliphatic rings. The second-order valence-electron chi connectivity index (χ2n) is 4.01. The summed E-state index contributed by atoms with van der Waals surface area (Å²) in [5.74, 6) is 0.662. The molecule has 0 heterocycles.